The SMILES string of the molecule is O=C1CCC(C(=O)N2CCCN(C(=O)O)CC2)CC1. The Morgan fingerprint density at radius 2 is 1.58 bits per heavy atom. The second-order valence-electron chi connectivity index (χ2n) is 5.26. The molecule has 0 atom stereocenters. The quantitative estimate of drug-likeness (QED) is 0.768. The van der Waals surface area contributed by atoms with Gasteiger partial charge in [0, 0.05) is 44.9 Å². The summed E-state index contributed by atoms with van der Waals surface area (Å²) in [6.45, 7) is 1.96. The maximum atomic E-state index is 12.3. The third-order valence-electron chi connectivity index (χ3n) is 3.97. The summed E-state index contributed by atoms with van der Waals surface area (Å²) in [7, 11) is 0. The summed E-state index contributed by atoms with van der Waals surface area (Å²) < 4.78 is 0. The van der Waals surface area contributed by atoms with E-state index in [1.165, 1.54) is 4.90 Å². The molecule has 1 aliphatic carbocycles. The van der Waals surface area contributed by atoms with Crippen molar-refractivity contribution in [3.8, 4) is 0 Å². The minimum Gasteiger partial charge on any atom is -0.465 e. The molecule has 0 spiro atoms. The van der Waals surface area contributed by atoms with Crippen LogP contribution in [0.3, 0.4) is 0 Å². The first-order chi connectivity index (χ1) is 9.08. The zero-order valence-electron chi connectivity index (χ0n) is 11.0. The second-order valence-corrected chi connectivity index (χ2v) is 5.26. The first-order valence-corrected chi connectivity index (χ1v) is 6.86. The standard InChI is InChI=1S/C13H20N2O4/c16-11-4-2-10(3-5-11)12(17)14-6-1-7-15(9-8-14)13(18)19/h10H,1-9H2,(H,18,19). The Bertz CT molecular complexity index is 373. The van der Waals surface area contributed by atoms with Crippen LogP contribution in [0.15, 0.2) is 0 Å². The molecule has 1 N–H and O–H groups in total. The highest BCUT2D eigenvalue weighted by Gasteiger charge is 2.30. The highest BCUT2D eigenvalue weighted by Crippen LogP contribution is 2.24. The summed E-state index contributed by atoms with van der Waals surface area (Å²) in [5.41, 5.74) is 0. The van der Waals surface area contributed by atoms with E-state index in [4.69, 9.17) is 5.11 Å². The Labute approximate surface area is 112 Å². The fourth-order valence-electron chi connectivity index (χ4n) is 2.77. The van der Waals surface area contributed by atoms with Crippen LogP contribution in [-0.4, -0.2) is 58.9 Å². The predicted molar refractivity (Wildman–Crippen MR) is 67.8 cm³/mol. The van der Waals surface area contributed by atoms with E-state index in [0.29, 0.717) is 58.3 Å². The Morgan fingerprint density at radius 1 is 1.00 bits per heavy atom. The molecule has 19 heavy (non-hydrogen) atoms. The number of nitrogens with zero attached hydrogens (tertiary/aromatic N) is 2. The molecule has 0 radical (unpaired) electrons. The normalized spacial score (nSPS) is 22.2. The Kier molecular flexibility index (Phi) is 4.39. The van der Waals surface area contributed by atoms with Crippen molar-refractivity contribution in [2.75, 3.05) is 26.2 Å². The Hall–Kier alpha value is -1.59. The molecule has 1 aliphatic heterocycles. The van der Waals surface area contributed by atoms with Gasteiger partial charge in [-0.15, -0.1) is 0 Å². The Balaban J connectivity index is 1.89. The van der Waals surface area contributed by atoms with E-state index in [1.807, 2.05) is 0 Å². The average molecular weight is 268 g/mol. The lowest BCUT2D eigenvalue weighted by Gasteiger charge is -2.28. The van der Waals surface area contributed by atoms with Gasteiger partial charge in [0.05, 0.1) is 0 Å². The van der Waals surface area contributed by atoms with Crippen LogP contribution in [0.4, 0.5) is 4.79 Å². The predicted octanol–water partition coefficient (Wildman–Crippen LogP) is 0.958. The van der Waals surface area contributed by atoms with Crippen molar-refractivity contribution in [3.63, 3.8) is 0 Å². The molecule has 2 fully saturated rings. The van der Waals surface area contributed by atoms with Gasteiger partial charge in [-0.2, -0.15) is 0 Å². The number of rotatable bonds is 1. The average Bonchev–Trinajstić information content (AvgIpc) is 2.64. The lowest BCUT2D eigenvalue weighted by atomic mass is 9.87. The maximum Gasteiger partial charge on any atom is 0.407 e. The molecule has 2 rings (SSSR count). The number of carbonyl (C=O) groups is 3. The van der Waals surface area contributed by atoms with Crippen LogP contribution in [0, 0.1) is 5.92 Å². The van der Waals surface area contributed by atoms with E-state index < -0.39 is 6.09 Å². The number of amides is 2. The van der Waals surface area contributed by atoms with Gasteiger partial charge < -0.3 is 14.9 Å². The number of carbonyl (C=O) groups excluding carboxylic acids is 2. The van der Waals surface area contributed by atoms with E-state index >= 15 is 0 Å². The van der Waals surface area contributed by atoms with Gasteiger partial charge in [-0.3, -0.25) is 9.59 Å². The zero-order chi connectivity index (χ0) is 13.8. The highest BCUT2D eigenvalue weighted by molar-refractivity contribution is 5.84. The fourth-order valence-corrected chi connectivity index (χ4v) is 2.77. The van der Waals surface area contributed by atoms with Crippen LogP contribution in [0.2, 0.25) is 0 Å². The fraction of sp³-hybridized carbons (Fsp3) is 0.769. The van der Waals surface area contributed by atoms with Gasteiger partial charge in [0.2, 0.25) is 5.91 Å². The van der Waals surface area contributed by atoms with Crippen molar-refractivity contribution in [2.24, 2.45) is 5.92 Å². The number of ketones is 1. The van der Waals surface area contributed by atoms with Crippen molar-refractivity contribution in [1.82, 2.24) is 9.80 Å². The molecule has 0 unspecified atom stereocenters. The molecule has 0 aromatic heterocycles. The van der Waals surface area contributed by atoms with Crippen molar-refractivity contribution < 1.29 is 19.5 Å². The number of Topliss-reactive ketones (excluding diaryl/α,β-unsaturated/α-hetero) is 1. The van der Waals surface area contributed by atoms with Gasteiger partial charge in [0.15, 0.2) is 0 Å². The van der Waals surface area contributed by atoms with Crippen molar-refractivity contribution in [1.29, 1.82) is 0 Å². The summed E-state index contributed by atoms with van der Waals surface area (Å²) in [5, 5.41) is 8.95. The van der Waals surface area contributed by atoms with Gasteiger partial charge in [-0.25, -0.2) is 4.79 Å². The van der Waals surface area contributed by atoms with Crippen LogP contribution in [0.5, 0.6) is 0 Å². The molecule has 2 aliphatic rings. The molecular formula is C13H20N2O4. The van der Waals surface area contributed by atoms with E-state index in [1.54, 1.807) is 4.90 Å². The number of carboxylic acid groups (broad SMARTS) is 1. The molecule has 1 saturated heterocycles. The molecule has 1 saturated carbocycles. The van der Waals surface area contributed by atoms with Crippen LogP contribution in [0.1, 0.15) is 32.1 Å². The van der Waals surface area contributed by atoms with Crippen molar-refractivity contribution in [2.45, 2.75) is 32.1 Å². The monoisotopic (exact) mass is 268 g/mol. The van der Waals surface area contributed by atoms with Crippen molar-refractivity contribution in [3.05, 3.63) is 0 Å². The first-order valence-electron chi connectivity index (χ1n) is 6.86. The Morgan fingerprint density at radius 3 is 2.21 bits per heavy atom. The van der Waals surface area contributed by atoms with Crippen LogP contribution < -0.4 is 0 Å². The van der Waals surface area contributed by atoms with Gasteiger partial charge in [-0.1, -0.05) is 0 Å². The largest absolute Gasteiger partial charge is 0.465 e. The topological polar surface area (TPSA) is 77.9 Å². The summed E-state index contributed by atoms with van der Waals surface area (Å²) in [5.74, 6) is 0.297. The van der Waals surface area contributed by atoms with Crippen LogP contribution in [0.25, 0.3) is 0 Å². The summed E-state index contributed by atoms with van der Waals surface area (Å²) in [4.78, 5) is 37.6. The molecule has 1 heterocycles. The third-order valence-corrected chi connectivity index (χ3v) is 3.97. The summed E-state index contributed by atoms with van der Waals surface area (Å²) in [6, 6.07) is 0. The van der Waals surface area contributed by atoms with Crippen molar-refractivity contribution >= 4 is 17.8 Å². The smallest absolute Gasteiger partial charge is 0.407 e. The van der Waals surface area contributed by atoms with Gasteiger partial charge in [0.1, 0.15) is 5.78 Å². The van der Waals surface area contributed by atoms with E-state index in [2.05, 4.69) is 0 Å². The zero-order valence-corrected chi connectivity index (χ0v) is 11.0. The lowest BCUT2D eigenvalue weighted by Crippen LogP contribution is -2.40. The maximum absolute atomic E-state index is 12.3. The van der Waals surface area contributed by atoms with E-state index in [-0.39, 0.29) is 17.6 Å². The molecule has 0 aromatic carbocycles. The molecule has 0 aromatic rings. The molecule has 6 heteroatoms. The molecular weight excluding hydrogens is 248 g/mol. The highest BCUT2D eigenvalue weighted by atomic mass is 16.4. The number of hydrogen-bond donors (Lipinski definition) is 1. The minimum absolute atomic E-state index is 0.0471. The third kappa shape index (κ3) is 3.45. The van der Waals surface area contributed by atoms with Crippen LogP contribution >= 0.6 is 0 Å². The minimum atomic E-state index is -0.919. The molecule has 2 amide bonds. The molecule has 6 nitrogen and oxygen atoms in total. The summed E-state index contributed by atoms with van der Waals surface area (Å²) in [6.07, 6.45) is 2.08. The van der Waals surface area contributed by atoms with E-state index in [9.17, 15) is 14.4 Å². The van der Waals surface area contributed by atoms with Gasteiger partial charge in [0.25, 0.3) is 0 Å². The summed E-state index contributed by atoms with van der Waals surface area (Å²) >= 11 is 0. The molecule has 106 valence electrons. The van der Waals surface area contributed by atoms with Gasteiger partial charge in [-0.05, 0) is 19.3 Å². The lowest BCUT2D eigenvalue weighted by molar-refractivity contribution is -0.137. The first kappa shape index (κ1) is 13.8. The second kappa shape index (κ2) is 6.04. The molecule has 0 bridgehead atoms. The van der Waals surface area contributed by atoms with E-state index in [0.717, 1.165) is 0 Å². The number of hydrogen-bond acceptors (Lipinski definition) is 3. The van der Waals surface area contributed by atoms with Crippen LogP contribution in [-0.2, 0) is 9.59 Å². The van der Waals surface area contributed by atoms with Gasteiger partial charge >= 0.3 is 6.09 Å².